The molecule has 2 N–H and O–H groups in total. The number of benzene rings is 1. The van der Waals surface area contributed by atoms with Crippen molar-refractivity contribution in [2.45, 2.75) is 43.7 Å². The van der Waals surface area contributed by atoms with E-state index in [1.54, 1.807) is 18.2 Å². The van der Waals surface area contributed by atoms with Crippen molar-refractivity contribution in [1.82, 2.24) is 10.0 Å². The molecule has 1 saturated carbocycles. The molecule has 0 aromatic heterocycles. The molecular weight excluding hydrogens is 260 g/mol. The van der Waals surface area contributed by atoms with Crippen molar-refractivity contribution in [1.29, 1.82) is 0 Å². The summed E-state index contributed by atoms with van der Waals surface area (Å²) >= 11 is 0. The fourth-order valence-corrected chi connectivity index (χ4v) is 3.76. The highest BCUT2D eigenvalue weighted by Gasteiger charge is 2.39. The van der Waals surface area contributed by atoms with E-state index in [1.807, 2.05) is 13.1 Å². The molecule has 0 spiro atoms. The van der Waals surface area contributed by atoms with Crippen molar-refractivity contribution in [3.63, 3.8) is 0 Å². The van der Waals surface area contributed by atoms with Crippen LogP contribution in [0, 0.1) is 5.92 Å². The molecule has 0 radical (unpaired) electrons. The minimum absolute atomic E-state index is 0.137. The zero-order valence-corrected chi connectivity index (χ0v) is 12.3. The molecule has 1 aliphatic carbocycles. The molecule has 0 bridgehead atoms. The van der Waals surface area contributed by atoms with Crippen LogP contribution in [0.25, 0.3) is 0 Å². The van der Waals surface area contributed by atoms with E-state index in [0.717, 1.165) is 24.8 Å². The molecule has 0 amide bonds. The fraction of sp³-hybridized carbons (Fsp3) is 0.571. The Morgan fingerprint density at radius 2 is 2.16 bits per heavy atom. The van der Waals surface area contributed by atoms with E-state index in [-0.39, 0.29) is 6.04 Å². The van der Waals surface area contributed by atoms with Crippen LogP contribution in [0.5, 0.6) is 0 Å². The van der Waals surface area contributed by atoms with Gasteiger partial charge in [0.05, 0.1) is 4.90 Å². The molecule has 19 heavy (non-hydrogen) atoms. The molecule has 1 fully saturated rings. The predicted molar refractivity (Wildman–Crippen MR) is 76.3 cm³/mol. The summed E-state index contributed by atoms with van der Waals surface area (Å²) in [7, 11) is -1.52. The third-order valence-electron chi connectivity index (χ3n) is 3.48. The Morgan fingerprint density at radius 1 is 1.37 bits per heavy atom. The first kappa shape index (κ1) is 14.5. The number of hydrogen-bond donors (Lipinski definition) is 2. The molecule has 2 rings (SSSR count). The number of sulfonamides is 1. The molecule has 1 aromatic carbocycles. The fourth-order valence-electron chi connectivity index (χ4n) is 2.38. The molecular formula is C14H22N2O2S. The summed E-state index contributed by atoms with van der Waals surface area (Å²) in [4.78, 5) is 0.363. The largest absolute Gasteiger partial charge is 0.316 e. The molecule has 5 heteroatoms. The average Bonchev–Trinajstić information content (AvgIpc) is 3.08. The van der Waals surface area contributed by atoms with Crippen LogP contribution >= 0.6 is 0 Å². The van der Waals surface area contributed by atoms with Gasteiger partial charge >= 0.3 is 0 Å². The summed E-state index contributed by atoms with van der Waals surface area (Å²) in [5, 5.41) is 3.02. The first-order valence-corrected chi connectivity index (χ1v) is 8.31. The summed E-state index contributed by atoms with van der Waals surface area (Å²) in [6.45, 7) is 2.80. The first-order valence-electron chi connectivity index (χ1n) is 6.82. The second kappa shape index (κ2) is 6.03. The first-order chi connectivity index (χ1) is 9.06. The zero-order valence-electron chi connectivity index (χ0n) is 11.5. The van der Waals surface area contributed by atoms with Crippen molar-refractivity contribution in [2.24, 2.45) is 5.92 Å². The molecule has 0 saturated heterocycles. The SMILES string of the molecule is CCCC1CC1NS(=O)(=O)c1cccc(CNC)c1. The third-order valence-corrected chi connectivity index (χ3v) is 4.97. The van der Waals surface area contributed by atoms with E-state index in [9.17, 15) is 8.42 Å². The Kier molecular flexibility index (Phi) is 4.60. The molecule has 0 heterocycles. The van der Waals surface area contributed by atoms with Crippen LogP contribution in [0.15, 0.2) is 29.2 Å². The van der Waals surface area contributed by atoms with E-state index in [2.05, 4.69) is 17.0 Å². The maximum Gasteiger partial charge on any atom is 0.240 e. The summed E-state index contributed by atoms with van der Waals surface area (Å²) in [5.74, 6) is 0.528. The lowest BCUT2D eigenvalue weighted by atomic mass is 10.2. The van der Waals surface area contributed by atoms with E-state index in [4.69, 9.17) is 0 Å². The minimum atomic E-state index is -3.37. The standard InChI is InChI=1S/C14H22N2O2S/c1-3-5-12-9-14(12)16-19(17,18)13-7-4-6-11(8-13)10-15-2/h4,6-8,12,14-16H,3,5,9-10H2,1-2H3. The third kappa shape index (κ3) is 3.78. The quantitative estimate of drug-likeness (QED) is 0.802. The lowest BCUT2D eigenvalue weighted by Crippen LogP contribution is -2.27. The van der Waals surface area contributed by atoms with Gasteiger partial charge in [-0.15, -0.1) is 0 Å². The maximum absolute atomic E-state index is 12.3. The Balaban J connectivity index is 2.05. The monoisotopic (exact) mass is 282 g/mol. The van der Waals surface area contributed by atoms with Crippen molar-refractivity contribution >= 4 is 10.0 Å². The van der Waals surface area contributed by atoms with Gasteiger partial charge in [0.2, 0.25) is 10.0 Å². The Labute approximate surface area is 115 Å². The molecule has 1 aromatic rings. The summed E-state index contributed by atoms with van der Waals surface area (Å²) in [6.07, 6.45) is 3.19. The van der Waals surface area contributed by atoms with Crippen molar-refractivity contribution in [3.05, 3.63) is 29.8 Å². The average molecular weight is 282 g/mol. The van der Waals surface area contributed by atoms with Crippen LogP contribution in [0.4, 0.5) is 0 Å². The van der Waals surface area contributed by atoms with Crippen LogP contribution in [-0.2, 0) is 16.6 Å². The molecule has 2 atom stereocenters. The summed E-state index contributed by atoms with van der Waals surface area (Å²) < 4.78 is 27.3. The topological polar surface area (TPSA) is 58.2 Å². The van der Waals surface area contributed by atoms with Gasteiger partial charge in [0, 0.05) is 12.6 Å². The van der Waals surface area contributed by atoms with E-state index in [0.29, 0.717) is 17.4 Å². The van der Waals surface area contributed by atoms with Gasteiger partial charge in [-0.2, -0.15) is 0 Å². The van der Waals surface area contributed by atoms with Crippen LogP contribution in [-0.4, -0.2) is 21.5 Å². The van der Waals surface area contributed by atoms with Gasteiger partial charge in [-0.05, 0) is 43.5 Å². The van der Waals surface area contributed by atoms with Gasteiger partial charge < -0.3 is 5.32 Å². The zero-order chi connectivity index (χ0) is 13.9. The van der Waals surface area contributed by atoms with Gasteiger partial charge in [0.1, 0.15) is 0 Å². The van der Waals surface area contributed by atoms with Gasteiger partial charge in [0.25, 0.3) is 0 Å². The lowest BCUT2D eigenvalue weighted by molar-refractivity contribution is 0.573. The molecule has 1 aliphatic rings. The summed E-state index contributed by atoms with van der Waals surface area (Å²) in [6, 6.07) is 7.23. The highest BCUT2D eigenvalue weighted by Crippen LogP contribution is 2.35. The highest BCUT2D eigenvalue weighted by atomic mass is 32.2. The van der Waals surface area contributed by atoms with Crippen LogP contribution in [0.2, 0.25) is 0 Å². The Bertz CT molecular complexity index is 528. The lowest BCUT2D eigenvalue weighted by Gasteiger charge is -2.08. The number of nitrogens with one attached hydrogen (secondary N) is 2. The Morgan fingerprint density at radius 3 is 2.84 bits per heavy atom. The van der Waals surface area contributed by atoms with Gasteiger partial charge in [0.15, 0.2) is 0 Å². The summed E-state index contributed by atoms with van der Waals surface area (Å²) in [5.41, 5.74) is 0.978. The van der Waals surface area contributed by atoms with Gasteiger partial charge in [-0.25, -0.2) is 13.1 Å². The Hall–Kier alpha value is -0.910. The van der Waals surface area contributed by atoms with E-state index in [1.165, 1.54) is 0 Å². The molecule has 106 valence electrons. The van der Waals surface area contributed by atoms with Crippen LogP contribution < -0.4 is 10.0 Å². The van der Waals surface area contributed by atoms with Crippen molar-refractivity contribution < 1.29 is 8.42 Å². The van der Waals surface area contributed by atoms with Crippen molar-refractivity contribution in [2.75, 3.05) is 7.05 Å². The second-order valence-corrected chi connectivity index (χ2v) is 6.90. The van der Waals surface area contributed by atoms with E-state index < -0.39 is 10.0 Å². The number of hydrogen-bond acceptors (Lipinski definition) is 3. The van der Waals surface area contributed by atoms with Crippen LogP contribution in [0.1, 0.15) is 31.7 Å². The van der Waals surface area contributed by atoms with Gasteiger partial charge in [-0.3, -0.25) is 0 Å². The molecule has 2 unspecified atom stereocenters. The van der Waals surface area contributed by atoms with Crippen LogP contribution in [0.3, 0.4) is 0 Å². The van der Waals surface area contributed by atoms with Crippen molar-refractivity contribution in [3.8, 4) is 0 Å². The minimum Gasteiger partial charge on any atom is -0.316 e. The molecule has 4 nitrogen and oxygen atoms in total. The predicted octanol–water partition coefficient (Wildman–Crippen LogP) is 1.87. The second-order valence-electron chi connectivity index (χ2n) is 5.19. The maximum atomic E-state index is 12.3. The van der Waals surface area contributed by atoms with E-state index >= 15 is 0 Å². The normalized spacial score (nSPS) is 22.4. The number of rotatable bonds is 7. The van der Waals surface area contributed by atoms with Gasteiger partial charge in [-0.1, -0.05) is 25.5 Å². The highest BCUT2D eigenvalue weighted by molar-refractivity contribution is 7.89. The smallest absolute Gasteiger partial charge is 0.240 e. The molecule has 0 aliphatic heterocycles.